The molecule has 0 unspecified atom stereocenters. The summed E-state index contributed by atoms with van der Waals surface area (Å²) in [6, 6.07) is 7.86. The van der Waals surface area contributed by atoms with Gasteiger partial charge in [0.2, 0.25) is 0 Å². The summed E-state index contributed by atoms with van der Waals surface area (Å²) in [5.41, 5.74) is 4.80. The highest BCUT2D eigenvalue weighted by atomic mass is 16.4. The van der Waals surface area contributed by atoms with Crippen molar-refractivity contribution >= 4 is 11.9 Å². The summed E-state index contributed by atoms with van der Waals surface area (Å²) in [6.07, 6.45) is 4.03. The third kappa shape index (κ3) is 3.03. The van der Waals surface area contributed by atoms with Crippen LogP contribution in [-0.2, 0) is 24.7 Å². The number of aromatic nitrogens is 2. The van der Waals surface area contributed by atoms with Gasteiger partial charge in [-0.25, -0.2) is 0 Å². The van der Waals surface area contributed by atoms with E-state index in [4.69, 9.17) is 0 Å². The lowest BCUT2D eigenvalue weighted by atomic mass is 9.86. The number of nitrogens with zero attached hydrogens (tertiary/aromatic N) is 3. The topological polar surface area (TPSA) is 75.4 Å². The summed E-state index contributed by atoms with van der Waals surface area (Å²) in [5.74, 6) is -1.75. The lowest BCUT2D eigenvalue weighted by Gasteiger charge is -2.18. The molecule has 2 heterocycles. The predicted octanol–water partition coefficient (Wildman–Crippen LogP) is 2.55. The van der Waals surface area contributed by atoms with Gasteiger partial charge in [-0.05, 0) is 43.7 Å². The number of aryl methyl sites for hydroxylation is 2. The quantitative estimate of drug-likeness (QED) is 0.905. The minimum absolute atomic E-state index is 0.129. The number of carbonyl (C=O) groups is 2. The molecular formula is C21H25N3O3. The van der Waals surface area contributed by atoms with Gasteiger partial charge in [-0.15, -0.1) is 0 Å². The van der Waals surface area contributed by atoms with Crippen molar-refractivity contribution in [1.29, 1.82) is 0 Å². The van der Waals surface area contributed by atoms with Gasteiger partial charge in [0.25, 0.3) is 5.91 Å². The summed E-state index contributed by atoms with van der Waals surface area (Å²) in [6.45, 7) is 2.65. The second kappa shape index (κ2) is 6.83. The molecule has 1 amide bonds. The zero-order chi connectivity index (χ0) is 19.1. The first-order valence-electron chi connectivity index (χ1n) is 9.59. The van der Waals surface area contributed by atoms with Gasteiger partial charge in [0.05, 0.1) is 5.92 Å². The minimum atomic E-state index is -0.846. The average Bonchev–Trinajstić information content (AvgIpc) is 3.24. The van der Waals surface area contributed by atoms with Crippen LogP contribution in [0.25, 0.3) is 0 Å². The van der Waals surface area contributed by atoms with E-state index in [-0.39, 0.29) is 18.4 Å². The average molecular weight is 367 g/mol. The molecule has 2 atom stereocenters. The molecule has 1 aromatic carbocycles. The molecule has 0 saturated carbocycles. The first-order valence-corrected chi connectivity index (χ1v) is 9.59. The number of benzene rings is 1. The molecule has 4 rings (SSSR count). The summed E-state index contributed by atoms with van der Waals surface area (Å²) in [5, 5.41) is 14.2. The number of rotatable bonds is 3. The van der Waals surface area contributed by atoms with E-state index in [1.807, 2.05) is 42.9 Å². The Labute approximate surface area is 158 Å². The highest BCUT2D eigenvalue weighted by Gasteiger charge is 2.42. The summed E-state index contributed by atoms with van der Waals surface area (Å²) < 4.78 is 1.82. The van der Waals surface area contributed by atoms with Crippen molar-refractivity contribution in [2.75, 3.05) is 13.1 Å². The Bertz CT molecular complexity index is 902. The van der Waals surface area contributed by atoms with Crippen LogP contribution in [0.15, 0.2) is 24.3 Å². The molecule has 2 aromatic rings. The molecule has 1 aliphatic carbocycles. The molecule has 0 spiro atoms. The fourth-order valence-corrected chi connectivity index (χ4v) is 4.63. The van der Waals surface area contributed by atoms with E-state index in [1.165, 1.54) is 0 Å². The number of carboxylic acid groups (broad SMARTS) is 1. The van der Waals surface area contributed by atoms with Crippen LogP contribution in [0.2, 0.25) is 0 Å². The fourth-order valence-electron chi connectivity index (χ4n) is 4.63. The number of likely N-dealkylation sites (tertiary alicyclic amines) is 1. The van der Waals surface area contributed by atoms with Gasteiger partial charge in [-0.1, -0.05) is 24.3 Å². The molecule has 1 aliphatic heterocycles. The van der Waals surface area contributed by atoms with Crippen LogP contribution in [0.4, 0.5) is 0 Å². The predicted molar refractivity (Wildman–Crippen MR) is 101 cm³/mol. The molecule has 142 valence electrons. The van der Waals surface area contributed by atoms with Crippen molar-refractivity contribution in [3.05, 3.63) is 52.3 Å². The van der Waals surface area contributed by atoms with Crippen molar-refractivity contribution in [3.63, 3.8) is 0 Å². The van der Waals surface area contributed by atoms with Gasteiger partial charge in [-0.3, -0.25) is 14.3 Å². The number of carbonyl (C=O) groups excluding carboxylic acids is 1. The summed E-state index contributed by atoms with van der Waals surface area (Å²) in [7, 11) is 1.89. The standard InChI is InChI=1S/C21H25N3O3/c1-13-7-3-4-8-14(13)16-11-24(12-17(16)21(26)27)20(25)19-15-9-5-6-10-18(15)23(2)22-19/h3-4,7-8,16-17H,5-6,9-12H2,1-2H3,(H,26,27)/t16-,17+/m0/s1. The number of amides is 1. The first kappa shape index (κ1) is 17.8. The van der Waals surface area contributed by atoms with Crippen LogP contribution in [-0.4, -0.2) is 44.8 Å². The molecule has 1 saturated heterocycles. The minimum Gasteiger partial charge on any atom is -0.481 e. The molecule has 0 bridgehead atoms. The monoisotopic (exact) mass is 367 g/mol. The molecule has 1 fully saturated rings. The third-order valence-corrected chi connectivity index (χ3v) is 6.08. The number of carboxylic acids is 1. The Balaban J connectivity index is 1.65. The largest absolute Gasteiger partial charge is 0.481 e. The van der Waals surface area contributed by atoms with E-state index in [0.717, 1.165) is 48.1 Å². The van der Waals surface area contributed by atoms with E-state index in [0.29, 0.717) is 12.2 Å². The zero-order valence-corrected chi connectivity index (χ0v) is 15.8. The highest BCUT2D eigenvalue weighted by molar-refractivity contribution is 5.95. The van der Waals surface area contributed by atoms with Crippen molar-refractivity contribution in [3.8, 4) is 0 Å². The second-order valence-electron chi connectivity index (χ2n) is 7.72. The number of hydrogen-bond donors (Lipinski definition) is 1. The van der Waals surface area contributed by atoms with Gasteiger partial charge >= 0.3 is 5.97 Å². The van der Waals surface area contributed by atoms with Crippen LogP contribution in [0, 0.1) is 12.8 Å². The smallest absolute Gasteiger partial charge is 0.308 e. The summed E-state index contributed by atoms with van der Waals surface area (Å²) >= 11 is 0. The molecule has 1 aromatic heterocycles. The summed E-state index contributed by atoms with van der Waals surface area (Å²) in [4.78, 5) is 26.8. The fraction of sp³-hybridized carbons (Fsp3) is 0.476. The number of fused-ring (bicyclic) bond motifs is 1. The van der Waals surface area contributed by atoms with Crippen molar-refractivity contribution in [2.45, 2.75) is 38.5 Å². The van der Waals surface area contributed by atoms with E-state index >= 15 is 0 Å². The van der Waals surface area contributed by atoms with E-state index in [9.17, 15) is 14.7 Å². The molecular weight excluding hydrogens is 342 g/mol. The van der Waals surface area contributed by atoms with Crippen LogP contribution in [0.3, 0.4) is 0 Å². The van der Waals surface area contributed by atoms with Gasteiger partial charge in [0, 0.05) is 37.3 Å². The SMILES string of the molecule is Cc1ccccc1[C@@H]1CN(C(=O)c2nn(C)c3c2CCCC3)C[C@H]1C(=O)O. The third-order valence-electron chi connectivity index (χ3n) is 6.08. The molecule has 6 nitrogen and oxygen atoms in total. The second-order valence-corrected chi connectivity index (χ2v) is 7.72. The zero-order valence-electron chi connectivity index (χ0n) is 15.8. The Kier molecular flexibility index (Phi) is 4.50. The molecule has 2 aliphatic rings. The van der Waals surface area contributed by atoms with Gasteiger partial charge in [0.15, 0.2) is 5.69 Å². The van der Waals surface area contributed by atoms with Crippen LogP contribution in [0.5, 0.6) is 0 Å². The Morgan fingerprint density at radius 2 is 1.89 bits per heavy atom. The van der Waals surface area contributed by atoms with Gasteiger partial charge in [-0.2, -0.15) is 5.10 Å². The Morgan fingerprint density at radius 3 is 2.63 bits per heavy atom. The van der Waals surface area contributed by atoms with E-state index in [2.05, 4.69) is 5.10 Å². The number of aliphatic carboxylic acids is 1. The maximum absolute atomic E-state index is 13.2. The lowest BCUT2D eigenvalue weighted by Crippen LogP contribution is -2.31. The maximum Gasteiger partial charge on any atom is 0.308 e. The molecule has 0 radical (unpaired) electrons. The molecule has 27 heavy (non-hydrogen) atoms. The Hall–Kier alpha value is -2.63. The Morgan fingerprint density at radius 1 is 1.15 bits per heavy atom. The van der Waals surface area contributed by atoms with Gasteiger partial charge in [0.1, 0.15) is 0 Å². The van der Waals surface area contributed by atoms with Crippen molar-refractivity contribution < 1.29 is 14.7 Å². The first-order chi connectivity index (χ1) is 13.0. The number of hydrogen-bond acceptors (Lipinski definition) is 3. The lowest BCUT2D eigenvalue weighted by molar-refractivity contribution is -0.141. The van der Waals surface area contributed by atoms with Crippen molar-refractivity contribution in [2.24, 2.45) is 13.0 Å². The highest BCUT2D eigenvalue weighted by Crippen LogP contribution is 2.36. The maximum atomic E-state index is 13.2. The normalized spacial score (nSPS) is 21.9. The molecule has 1 N–H and O–H groups in total. The van der Waals surface area contributed by atoms with Gasteiger partial charge < -0.3 is 10.0 Å². The van der Waals surface area contributed by atoms with E-state index < -0.39 is 11.9 Å². The van der Waals surface area contributed by atoms with Crippen LogP contribution < -0.4 is 0 Å². The van der Waals surface area contributed by atoms with Crippen LogP contribution in [0.1, 0.15) is 51.6 Å². The van der Waals surface area contributed by atoms with Crippen molar-refractivity contribution in [1.82, 2.24) is 14.7 Å². The van der Waals surface area contributed by atoms with E-state index in [1.54, 1.807) is 4.90 Å². The van der Waals surface area contributed by atoms with Crippen LogP contribution >= 0.6 is 0 Å². The molecule has 6 heteroatoms.